The molecule has 0 aliphatic carbocycles. The number of nitrogens with one attached hydrogen (secondary N) is 1. The monoisotopic (exact) mass is 376 g/mol. The molecule has 1 aliphatic heterocycles. The van der Waals surface area contributed by atoms with Gasteiger partial charge in [0.05, 0.1) is 21.8 Å². The minimum Gasteiger partial charge on any atom is -0.352 e. The predicted octanol–water partition coefficient (Wildman–Crippen LogP) is 3.81. The van der Waals surface area contributed by atoms with Crippen LogP contribution in [0.1, 0.15) is 28.8 Å². The van der Waals surface area contributed by atoms with E-state index in [4.69, 9.17) is 10.2 Å². The van der Waals surface area contributed by atoms with Crippen LogP contribution in [0, 0.1) is 17.2 Å². The summed E-state index contributed by atoms with van der Waals surface area (Å²) in [6.07, 6.45) is 2.09. The van der Waals surface area contributed by atoms with Crippen LogP contribution in [0.2, 0.25) is 0 Å². The highest BCUT2D eigenvalue weighted by Crippen LogP contribution is 2.31. The molecule has 1 fully saturated rings. The van der Waals surface area contributed by atoms with E-state index >= 15 is 0 Å². The number of para-hydroxylation sites is 1. The first-order valence-corrected chi connectivity index (χ1v) is 9.93. The Morgan fingerprint density at radius 1 is 1.19 bits per heavy atom. The number of hydrogen-bond donors (Lipinski definition) is 1. The number of carbonyl (C=O) groups excluding carboxylic acids is 1. The second-order valence-corrected chi connectivity index (χ2v) is 7.80. The zero-order chi connectivity index (χ0) is 18.6. The topological polar surface area (TPSA) is 69.0 Å². The van der Waals surface area contributed by atoms with E-state index < -0.39 is 0 Å². The molecule has 2 heterocycles. The van der Waals surface area contributed by atoms with Gasteiger partial charge < -0.3 is 10.2 Å². The smallest absolute Gasteiger partial charge is 0.251 e. The van der Waals surface area contributed by atoms with Crippen LogP contribution in [-0.2, 0) is 0 Å². The van der Waals surface area contributed by atoms with Gasteiger partial charge in [-0.3, -0.25) is 4.79 Å². The molecule has 2 aromatic carbocycles. The van der Waals surface area contributed by atoms with Gasteiger partial charge in [0, 0.05) is 25.2 Å². The molecule has 1 aliphatic rings. The molecule has 1 saturated heterocycles. The lowest BCUT2D eigenvalue weighted by Gasteiger charge is -2.31. The maximum atomic E-state index is 12.3. The Balaban J connectivity index is 1.29. The quantitative estimate of drug-likeness (QED) is 0.752. The Morgan fingerprint density at radius 3 is 2.63 bits per heavy atom. The number of amides is 1. The first-order chi connectivity index (χ1) is 13.2. The number of thiazole rings is 1. The molecule has 0 bridgehead atoms. The Hall–Kier alpha value is -2.91. The van der Waals surface area contributed by atoms with Gasteiger partial charge in [0.15, 0.2) is 5.13 Å². The average Bonchev–Trinajstić information content (AvgIpc) is 3.17. The normalized spacial score (nSPS) is 14.9. The van der Waals surface area contributed by atoms with Crippen LogP contribution in [0.3, 0.4) is 0 Å². The first-order valence-electron chi connectivity index (χ1n) is 9.12. The minimum atomic E-state index is -0.0758. The highest BCUT2D eigenvalue weighted by Gasteiger charge is 2.22. The molecule has 136 valence electrons. The molecule has 27 heavy (non-hydrogen) atoms. The lowest BCUT2D eigenvalue weighted by Crippen LogP contribution is -2.38. The van der Waals surface area contributed by atoms with Crippen molar-refractivity contribution in [3.05, 3.63) is 59.7 Å². The van der Waals surface area contributed by atoms with Crippen LogP contribution in [0.25, 0.3) is 10.2 Å². The largest absolute Gasteiger partial charge is 0.352 e. The van der Waals surface area contributed by atoms with Crippen molar-refractivity contribution in [3.8, 4) is 6.07 Å². The fourth-order valence-corrected chi connectivity index (χ4v) is 4.38. The summed E-state index contributed by atoms with van der Waals surface area (Å²) in [7, 11) is 0. The minimum absolute atomic E-state index is 0.0758. The number of anilines is 1. The van der Waals surface area contributed by atoms with Crippen molar-refractivity contribution in [1.29, 1.82) is 5.26 Å². The third-order valence-electron chi connectivity index (χ3n) is 5.00. The van der Waals surface area contributed by atoms with Gasteiger partial charge in [0.1, 0.15) is 0 Å². The number of nitrogens with zero attached hydrogens (tertiary/aromatic N) is 3. The second kappa shape index (κ2) is 7.77. The van der Waals surface area contributed by atoms with E-state index in [0.717, 1.165) is 36.6 Å². The summed E-state index contributed by atoms with van der Waals surface area (Å²) in [6.45, 7) is 2.63. The number of benzene rings is 2. The van der Waals surface area contributed by atoms with Crippen LogP contribution in [0.5, 0.6) is 0 Å². The van der Waals surface area contributed by atoms with E-state index in [1.165, 1.54) is 4.70 Å². The second-order valence-electron chi connectivity index (χ2n) is 6.79. The lowest BCUT2D eigenvalue weighted by atomic mass is 9.97. The molecule has 4 rings (SSSR count). The fraction of sp³-hybridized carbons (Fsp3) is 0.286. The van der Waals surface area contributed by atoms with Crippen LogP contribution in [0.15, 0.2) is 48.5 Å². The predicted molar refractivity (Wildman–Crippen MR) is 108 cm³/mol. The summed E-state index contributed by atoms with van der Waals surface area (Å²) in [5.74, 6) is 0.408. The van der Waals surface area contributed by atoms with Gasteiger partial charge in [-0.15, -0.1) is 0 Å². The van der Waals surface area contributed by atoms with E-state index in [1.54, 1.807) is 35.6 Å². The van der Waals surface area contributed by atoms with E-state index in [2.05, 4.69) is 28.4 Å². The molecular formula is C21H20N4OS. The van der Waals surface area contributed by atoms with Crippen molar-refractivity contribution in [1.82, 2.24) is 10.3 Å². The lowest BCUT2D eigenvalue weighted by molar-refractivity contribution is 0.0945. The van der Waals surface area contributed by atoms with Gasteiger partial charge in [-0.1, -0.05) is 23.5 Å². The summed E-state index contributed by atoms with van der Waals surface area (Å²) in [6, 6.07) is 17.0. The Bertz CT molecular complexity index is 948. The molecule has 1 amide bonds. The molecule has 0 atom stereocenters. The van der Waals surface area contributed by atoms with Gasteiger partial charge in [-0.05, 0) is 55.2 Å². The molecule has 6 heteroatoms. The molecule has 0 saturated carbocycles. The number of rotatable bonds is 4. The summed E-state index contributed by atoms with van der Waals surface area (Å²) < 4.78 is 1.23. The average molecular weight is 376 g/mol. The molecule has 1 aromatic heterocycles. The molecule has 0 unspecified atom stereocenters. The zero-order valence-corrected chi connectivity index (χ0v) is 15.7. The van der Waals surface area contributed by atoms with E-state index in [1.807, 2.05) is 12.1 Å². The third-order valence-corrected chi connectivity index (χ3v) is 6.09. The van der Waals surface area contributed by atoms with E-state index in [-0.39, 0.29) is 5.91 Å². The standard InChI is InChI=1S/C21H20N4OS/c22-13-15-5-7-17(8-6-15)20(26)23-14-16-9-11-25(12-10-16)21-24-18-3-1-2-4-19(18)27-21/h1-8,16H,9-12,14H2,(H,23,26). The van der Waals surface area contributed by atoms with Gasteiger partial charge in [0.25, 0.3) is 5.91 Å². The number of carbonyl (C=O) groups is 1. The number of piperidine rings is 1. The van der Waals surface area contributed by atoms with Crippen LogP contribution in [0.4, 0.5) is 5.13 Å². The van der Waals surface area contributed by atoms with Crippen molar-refractivity contribution >= 4 is 32.6 Å². The number of nitriles is 1. The molecular weight excluding hydrogens is 356 g/mol. The molecule has 3 aromatic rings. The van der Waals surface area contributed by atoms with Crippen molar-refractivity contribution in [2.45, 2.75) is 12.8 Å². The molecule has 5 nitrogen and oxygen atoms in total. The van der Waals surface area contributed by atoms with Gasteiger partial charge in [0.2, 0.25) is 0 Å². The van der Waals surface area contributed by atoms with Gasteiger partial charge in [-0.25, -0.2) is 4.98 Å². The summed E-state index contributed by atoms with van der Waals surface area (Å²) >= 11 is 1.75. The Labute approximate surface area is 162 Å². The summed E-state index contributed by atoms with van der Waals surface area (Å²) in [4.78, 5) is 19.4. The highest BCUT2D eigenvalue weighted by atomic mass is 32.1. The van der Waals surface area contributed by atoms with Crippen molar-refractivity contribution < 1.29 is 4.79 Å². The van der Waals surface area contributed by atoms with Crippen molar-refractivity contribution in [2.24, 2.45) is 5.92 Å². The summed E-state index contributed by atoms with van der Waals surface area (Å²) in [5.41, 5.74) is 2.23. The van der Waals surface area contributed by atoms with Gasteiger partial charge in [-0.2, -0.15) is 5.26 Å². The van der Waals surface area contributed by atoms with Crippen LogP contribution in [-0.4, -0.2) is 30.5 Å². The first kappa shape index (κ1) is 17.5. The van der Waals surface area contributed by atoms with Crippen molar-refractivity contribution in [2.75, 3.05) is 24.5 Å². The van der Waals surface area contributed by atoms with Crippen molar-refractivity contribution in [3.63, 3.8) is 0 Å². The maximum absolute atomic E-state index is 12.3. The fourth-order valence-electron chi connectivity index (χ4n) is 3.36. The number of aromatic nitrogens is 1. The summed E-state index contributed by atoms with van der Waals surface area (Å²) in [5, 5.41) is 12.9. The Kier molecular flexibility index (Phi) is 5.03. The highest BCUT2D eigenvalue weighted by molar-refractivity contribution is 7.22. The zero-order valence-electron chi connectivity index (χ0n) is 14.9. The van der Waals surface area contributed by atoms with E-state index in [0.29, 0.717) is 23.6 Å². The van der Waals surface area contributed by atoms with Crippen LogP contribution < -0.4 is 10.2 Å². The van der Waals surface area contributed by atoms with E-state index in [9.17, 15) is 4.79 Å². The third kappa shape index (κ3) is 3.93. The number of fused-ring (bicyclic) bond motifs is 1. The SMILES string of the molecule is N#Cc1ccc(C(=O)NCC2CCN(c3nc4ccccc4s3)CC2)cc1. The van der Waals surface area contributed by atoms with Gasteiger partial charge >= 0.3 is 0 Å². The number of hydrogen-bond acceptors (Lipinski definition) is 5. The van der Waals surface area contributed by atoms with Crippen LogP contribution >= 0.6 is 11.3 Å². The molecule has 0 radical (unpaired) electrons. The molecule has 1 N–H and O–H groups in total. The molecule has 0 spiro atoms. The Morgan fingerprint density at radius 2 is 1.93 bits per heavy atom. The maximum Gasteiger partial charge on any atom is 0.251 e.